The summed E-state index contributed by atoms with van der Waals surface area (Å²) in [5.41, 5.74) is 6.89. The molecule has 0 unspecified atom stereocenters. The maximum Gasteiger partial charge on any atom is 0.336 e. The molecule has 1 heterocycles. The summed E-state index contributed by atoms with van der Waals surface area (Å²) in [4.78, 5) is 22.7. The van der Waals surface area contributed by atoms with E-state index in [1.54, 1.807) is 25.1 Å². The van der Waals surface area contributed by atoms with Gasteiger partial charge in [0.15, 0.2) is 0 Å². The zero-order valence-electron chi connectivity index (χ0n) is 10.2. The van der Waals surface area contributed by atoms with E-state index in [2.05, 4.69) is 5.32 Å². The minimum atomic E-state index is -0.592. The van der Waals surface area contributed by atoms with Gasteiger partial charge in [-0.3, -0.25) is 4.79 Å². The highest BCUT2D eigenvalue weighted by atomic mass is 16.4. The van der Waals surface area contributed by atoms with Gasteiger partial charge in [0.1, 0.15) is 5.58 Å². The Kier molecular flexibility index (Phi) is 3.16. The predicted molar refractivity (Wildman–Crippen MR) is 69.5 cm³/mol. The SMILES string of the molecule is Cc1cc(=O)oc2cc(NC(=O)[C@H](C)N)ccc12. The molecule has 0 saturated carbocycles. The molecule has 0 aliphatic heterocycles. The molecular formula is C13H14N2O3. The lowest BCUT2D eigenvalue weighted by Gasteiger charge is -2.08. The molecule has 0 bridgehead atoms. The van der Waals surface area contributed by atoms with Crippen LogP contribution >= 0.6 is 0 Å². The second kappa shape index (κ2) is 4.62. The molecule has 2 aromatic rings. The van der Waals surface area contributed by atoms with Gasteiger partial charge in [0.05, 0.1) is 6.04 Å². The Labute approximate surface area is 104 Å². The number of rotatable bonds is 2. The minimum absolute atomic E-state index is 0.288. The van der Waals surface area contributed by atoms with Crippen molar-refractivity contribution in [2.45, 2.75) is 19.9 Å². The molecule has 0 aliphatic rings. The molecule has 1 aromatic carbocycles. The van der Waals surface area contributed by atoms with Crippen molar-refractivity contribution in [1.82, 2.24) is 0 Å². The van der Waals surface area contributed by atoms with Crippen molar-refractivity contribution in [3.05, 3.63) is 40.2 Å². The molecule has 2 rings (SSSR count). The summed E-state index contributed by atoms with van der Waals surface area (Å²) in [7, 11) is 0. The van der Waals surface area contributed by atoms with Crippen LogP contribution in [0.5, 0.6) is 0 Å². The first-order valence-electron chi connectivity index (χ1n) is 5.58. The Morgan fingerprint density at radius 1 is 1.39 bits per heavy atom. The van der Waals surface area contributed by atoms with Crippen molar-refractivity contribution >= 4 is 22.6 Å². The largest absolute Gasteiger partial charge is 0.423 e. The zero-order valence-corrected chi connectivity index (χ0v) is 10.2. The Hall–Kier alpha value is -2.14. The van der Waals surface area contributed by atoms with Crippen LogP contribution in [0.2, 0.25) is 0 Å². The predicted octanol–water partition coefficient (Wildman–Crippen LogP) is 1.39. The summed E-state index contributed by atoms with van der Waals surface area (Å²) in [5.74, 6) is -0.288. The number of carbonyl (C=O) groups is 1. The number of benzene rings is 1. The topological polar surface area (TPSA) is 85.3 Å². The van der Waals surface area contributed by atoms with Gasteiger partial charge in [0.2, 0.25) is 5.91 Å². The fourth-order valence-corrected chi connectivity index (χ4v) is 1.66. The molecule has 0 radical (unpaired) electrons. The van der Waals surface area contributed by atoms with Gasteiger partial charge in [0.25, 0.3) is 0 Å². The molecule has 1 amide bonds. The molecule has 5 nitrogen and oxygen atoms in total. The van der Waals surface area contributed by atoms with E-state index in [-0.39, 0.29) is 5.91 Å². The number of aryl methyl sites for hydroxylation is 1. The molecule has 1 atom stereocenters. The summed E-state index contributed by atoms with van der Waals surface area (Å²) in [6, 6.07) is 6.00. The Bertz CT molecular complexity index is 659. The Balaban J connectivity index is 2.44. The van der Waals surface area contributed by atoms with Crippen LogP contribution in [-0.2, 0) is 4.79 Å². The lowest BCUT2D eigenvalue weighted by Crippen LogP contribution is -2.32. The fraction of sp³-hybridized carbons (Fsp3) is 0.231. The second-order valence-corrected chi connectivity index (χ2v) is 4.24. The van der Waals surface area contributed by atoms with Gasteiger partial charge in [0, 0.05) is 23.2 Å². The van der Waals surface area contributed by atoms with Crippen LogP contribution in [0.1, 0.15) is 12.5 Å². The van der Waals surface area contributed by atoms with E-state index in [1.165, 1.54) is 6.07 Å². The first-order valence-corrected chi connectivity index (χ1v) is 5.58. The van der Waals surface area contributed by atoms with E-state index in [0.29, 0.717) is 11.3 Å². The molecule has 0 aliphatic carbocycles. The third-order valence-corrected chi connectivity index (χ3v) is 2.63. The summed E-state index contributed by atoms with van der Waals surface area (Å²) < 4.78 is 5.09. The van der Waals surface area contributed by atoms with Crippen molar-refractivity contribution in [3.8, 4) is 0 Å². The van der Waals surface area contributed by atoms with E-state index in [1.807, 2.05) is 6.92 Å². The fourth-order valence-electron chi connectivity index (χ4n) is 1.66. The van der Waals surface area contributed by atoms with Crippen LogP contribution in [0.25, 0.3) is 11.0 Å². The van der Waals surface area contributed by atoms with E-state index < -0.39 is 11.7 Å². The Morgan fingerprint density at radius 3 is 2.78 bits per heavy atom. The standard InChI is InChI=1S/C13H14N2O3/c1-7-5-12(16)18-11-6-9(3-4-10(7)11)15-13(17)8(2)14/h3-6,8H,14H2,1-2H3,(H,15,17)/t8-/m0/s1. The summed E-state index contributed by atoms with van der Waals surface area (Å²) in [5, 5.41) is 3.49. The summed E-state index contributed by atoms with van der Waals surface area (Å²) >= 11 is 0. The number of amides is 1. The van der Waals surface area contributed by atoms with Gasteiger partial charge in [-0.05, 0) is 31.5 Å². The van der Waals surface area contributed by atoms with Crippen LogP contribution < -0.4 is 16.7 Å². The zero-order chi connectivity index (χ0) is 13.3. The van der Waals surface area contributed by atoms with Gasteiger partial charge in [-0.15, -0.1) is 0 Å². The van der Waals surface area contributed by atoms with E-state index in [9.17, 15) is 9.59 Å². The highest BCUT2D eigenvalue weighted by molar-refractivity contribution is 5.96. The van der Waals surface area contributed by atoms with Crippen LogP contribution in [0.15, 0.2) is 33.5 Å². The molecule has 0 fully saturated rings. The quantitative estimate of drug-likeness (QED) is 0.784. The molecule has 1 aromatic heterocycles. The second-order valence-electron chi connectivity index (χ2n) is 4.24. The third kappa shape index (κ3) is 2.41. The highest BCUT2D eigenvalue weighted by Gasteiger charge is 2.09. The molecule has 5 heteroatoms. The summed E-state index contributed by atoms with van der Waals surface area (Å²) in [6.45, 7) is 3.43. The lowest BCUT2D eigenvalue weighted by molar-refractivity contribution is -0.117. The maximum atomic E-state index is 11.5. The molecule has 18 heavy (non-hydrogen) atoms. The van der Waals surface area contributed by atoms with E-state index in [0.717, 1.165) is 10.9 Å². The van der Waals surface area contributed by atoms with Gasteiger partial charge in [-0.25, -0.2) is 4.79 Å². The first kappa shape index (κ1) is 12.3. The molecule has 3 N–H and O–H groups in total. The van der Waals surface area contributed by atoms with Gasteiger partial charge in [-0.2, -0.15) is 0 Å². The minimum Gasteiger partial charge on any atom is -0.423 e. The number of carbonyl (C=O) groups excluding carboxylic acids is 1. The average Bonchev–Trinajstić information content (AvgIpc) is 2.27. The number of nitrogens with one attached hydrogen (secondary N) is 1. The van der Waals surface area contributed by atoms with E-state index in [4.69, 9.17) is 10.2 Å². The van der Waals surface area contributed by atoms with Crippen molar-refractivity contribution in [3.63, 3.8) is 0 Å². The number of hydrogen-bond donors (Lipinski definition) is 2. The highest BCUT2D eigenvalue weighted by Crippen LogP contribution is 2.20. The van der Waals surface area contributed by atoms with Crippen molar-refractivity contribution in [2.75, 3.05) is 5.32 Å². The van der Waals surface area contributed by atoms with Crippen LogP contribution in [0.3, 0.4) is 0 Å². The van der Waals surface area contributed by atoms with Crippen LogP contribution in [0.4, 0.5) is 5.69 Å². The van der Waals surface area contributed by atoms with Gasteiger partial charge >= 0.3 is 5.63 Å². The first-order chi connectivity index (χ1) is 8.47. The van der Waals surface area contributed by atoms with Crippen molar-refractivity contribution in [1.29, 1.82) is 0 Å². The van der Waals surface area contributed by atoms with Gasteiger partial charge in [-0.1, -0.05) is 0 Å². The monoisotopic (exact) mass is 246 g/mol. The number of nitrogens with two attached hydrogens (primary N) is 1. The normalized spacial score (nSPS) is 12.4. The van der Waals surface area contributed by atoms with Gasteiger partial charge < -0.3 is 15.5 Å². The maximum absolute atomic E-state index is 11.5. The van der Waals surface area contributed by atoms with Crippen molar-refractivity contribution < 1.29 is 9.21 Å². The molecule has 94 valence electrons. The lowest BCUT2D eigenvalue weighted by atomic mass is 10.1. The van der Waals surface area contributed by atoms with Crippen LogP contribution in [-0.4, -0.2) is 11.9 Å². The van der Waals surface area contributed by atoms with Crippen LogP contribution in [0, 0.1) is 6.92 Å². The third-order valence-electron chi connectivity index (χ3n) is 2.63. The smallest absolute Gasteiger partial charge is 0.336 e. The molecule has 0 spiro atoms. The van der Waals surface area contributed by atoms with E-state index >= 15 is 0 Å². The summed E-state index contributed by atoms with van der Waals surface area (Å²) in [6.07, 6.45) is 0. The Morgan fingerprint density at radius 2 is 2.11 bits per heavy atom. The van der Waals surface area contributed by atoms with Crippen molar-refractivity contribution in [2.24, 2.45) is 5.73 Å². The average molecular weight is 246 g/mol. The molecular weight excluding hydrogens is 232 g/mol. The number of fused-ring (bicyclic) bond motifs is 1. The number of hydrogen-bond acceptors (Lipinski definition) is 4. The number of anilines is 1. The molecule has 0 saturated heterocycles.